The molecule has 0 aliphatic rings. The molecular formula is C10H15N5O2S. The van der Waals surface area contributed by atoms with Crippen molar-refractivity contribution >= 4 is 15.7 Å². The maximum Gasteiger partial charge on any atom is 0.263 e. The van der Waals surface area contributed by atoms with E-state index in [2.05, 4.69) is 14.8 Å². The van der Waals surface area contributed by atoms with Gasteiger partial charge in [-0.3, -0.25) is 9.40 Å². The number of anilines is 1. The van der Waals surface area contributed by atoms with Gasteiger partial charge < -0.3 is 10.7 Å². The molecule has 2 rings (SSSR count). The number of nitrogens with one attached hydrogen (secondary N) is 2. The van der Waals surface area contributed by atoms with Gasteiger partial charge in [0.1, 0.15) is 4.90 Å². The summed E-state index contributed by atoms with van der Waals surface area (Å²) in [5, 5.41) is 4.07. The Morgan fingerprint density at radius 3 is 2.78 bits per heavy atom. The van der Waals surface area contributed by atoms with Crippen LogP contribution in [0.5, 0.6) is 0 Å². The Balaban J connectivity index is 2.29. The van der Waals surface area contributed by atoms with Gasteiger partial charge in [0, 0.05) is 31.7 Å². The van der Waals surface area contributed by atoms with Crippen LogP contribution in [0, 0.1) is 6.92 Å². The molecule has 8 heteroatoms. The van der Waals surface area contributed by atoms with Crippen molar-refractivity contribution in [1.82, 2.24) is 14.8 Å². The molecular weight excluding hydrogens is 254 g/mol. The fourth-order valence-corrected chi connectivity index (χ4v) is 2.71. The maximum absolute atomic E-state index is 12.1. The SMILES string of the molecule is Cc1nn(C)cc1NS(=O)(=O)c1c[nH]c(CN)c1. The predicted octanol–water partition coefficient (Wildman–Crippen LogP) is 0.316. The van der Waals surface area contributed by atoms with Gasteiger partial charge in [0.25, 0.3) is 10.0 Å². The molecule has 0 aromatic carbocycles. The van der Waals surface area contributed by atoms with Crippen LogP contribution in [0.15, 0.2) is 23.4 Å². The van der Waals surface area contributed by atoms with Gasteiger partial charge in [0.15, 0.2) is 0 Å². The van der Waals surface area contributed by atoms with Crippen LogP contribution in [0.2, 0.25) is 0 Å². The van der Waals surface area contributed by atoms with Crippen molar-refractivity contribution in [1.29, 1.82) is 0 Å². The minimum atomic E-state index is -3.60. The number of nitrogens with zero attached hydrogens (tertiary/aromatic N) is 2. The maximum atomic E-state index is 12.1. The number of hydrogen-bond acceptors (Lipinski definition) is 4. The number of aromatic nitrogens is 3. The van der Waals surface area contributed by atoms with E-state index in [-0.39, 0.29) is 11.4 Å². The molecule has 0 bridgehead atoms. The quantitative estimate of drug-likeness (QED) is 0.743. The van der Waals surface area contributed by atoms with Crippen molar-refractivity contribution in [3.8, 4) is 0 Å². The fraction of sp³-hybridized carbons (Fsp3) is 0.300. The van der Waals surface area contributed by atoms with E-state index >= 15 is 0 Å². The Morgan fingerprint density at radius 2 is 2.28 bits per heavy atom. The zero-order valence-corrected chi connectivity index (χ0v) is 11.0. The van der Waals surface area contributed by atoms with E-state index in [4.69, 9.17) is 5.73 Å². The number of H-pyrrole nitrogens is 1. The van der Waals surface area contributed by atoms with Crippen LogP contribution < -0.4 is 10.5 Å². The molecule has 0 amide bonds. The summed E-state index contributed by atoms with van der Waals surface area (Å²) in [4.78, 5) is 2.96. The lowest BCUT2D eigenvalue weighted by Gasteiger charge is -2.04. The first-order valence-electron chi connectivity index (χ1n) is 5.33. The summed E-state index contributed by atoms with van der Waals surface area (Å²) in [6.07, 6.45) is 3.03. The fourth-order valence-electron chi connectivity index (χ4n) is 1.60. The lowest BCUT2D eigenvalue weighted by Crippen LogP contribution is -2.12. The van der Waals surface area contributed by atoms with E-state index in [1.807, 2.05) is 0 Å². The standard InChI is InChI=1S/C10H15N5O2S/c1-7-10(6-15(2)13-7)14-18(16,17)9-3-8(4-11)12-5-9/h3,5-6,12,14H,4,11H2,1-2H3. The summed E-state index contributed by atoms with van der Waals surface area (Å²) in [6.45, 7) is 2.00. The highest BCUT2D eigenvalue weighted by Crippen LogP contribution is 2.18. The van der Waals surface area contributed by atoms with Gasteiger partial charge in [-0.25, -0.2) is 8.42 Å². The largest absolute Gasteiger partial charge is 0.363 e. The first-order valence-corrected chi connectivity index (χ1v) is 6.81. The van der Waals surface area contributed by atoms with Crippen LogP contribution in [0.4, 0.5) is 5.69 Å². The highest BCUT2D eigenvalue weighted by molar-refractivity contribution is 7.92. The summed E-state index contributed by atoms with van der Waals surface area (Å²) >= 11 is 0. The lowest BCUT2D eigenvalue weighted by atomic mass is 10.4. The predicted molar refractivity (Wildman–Crippen MR) is 67.4 cm³/mol. The van der Waals surface area contributed by atoms with Gasteiger partial charge in [0.2, 0.25) is 0 Å². The summed E-state index contributed by atoms with van der Waals surface area (Å²) < 4.78 is 28.2. The van der Waals surface area contributed by atoms with E-state index in [0.717, 1.165) is 0 Å². The second-order valence-electron chi connectivity index (χ2n) is 3.97. The molecule has 0 saturated heterocycles. The molecule has 0 saturated carbocycles. The molecule has 7 nitrogen and oxygen atoms in total. The van der Waals surface area contributed by atoms with Gasteiger partial charge in [-0.2, -0.15) is 5.10 Å². The zero-order chi connectivity index (χ0) is 13.3. The van der Waals surface area contributed by atoms with E-state index in [1.165, 1.54) is 12.3 Å². The highest BCUT2D eigenvalue weighted by atomic mass is 32.2. The molecule has 4 N–H and O–H groups in total. The van der Waals surface area contributed by atoms with Crippen molar-refractivity contribution in [3.63, 3.8) is 0 Å². The molecule has 0 aliphatic heterocycles. The molecule has 2 heterocycles. The van der Waals surface area contributed by atoms with Crippen LogP contribution in [0.3, 0.4) is 0 Å². The topological polar surface area (TPSA) is 106 Å². The van der Waals surface area contributed by atoms with Crippen molar-refractivity contribution in [3.05, 3.63) is 29.8 Å². The number of nitrogens with two attached hydrogens (primary N) is 1. The van der Waals surface area contributed by atoms with E-state index < -0.39 is 10.0 Å². The van der Waals surface area contributed by atoms with Gasteiger partial charge in [-0.15, -0.1) is 0 Å². The molecule has 98 valence electrons. The summed E-state index contributed by atoms with van der Waals surface area (Å²) in [7, 11) is -1.87. The molecule has 2 aromatic heterocycles. The lowest BCUT2D eigenvalue weighted by molar-refractivity contribution is 0.601. The average molecular weight is 269 g/mol. The third kappa shape index (κ3) is 2.39. The van der Waals surface area contributed by atoms with Crippen LogP contribution >= 0.6 is 0 Å². The van der Waals surface area contributed by atoms with Crippen molar-refractivity contribution in [2.24, 2.45) is 12.8 Å². The Hall–Kier alpha value is -1.80. The van der Waals surface area contributed by atoms with Crippen LogP contribution in [0.25, 0.3) is 0 Å². The monoisotopic (exact) mass is 269 g/mol. The Bertz CT molecular complexity index is 656. The molecule has 0 unspecified atom stereocenters. The van der Waals surface area contributed by atoms with Crippen LogP contribution in [-0.2, 0) is 23.6 Å². The summed E-state index contributed by atoms with van der Waals surface area (Å²) in [6, 6.07) is 1.51. The average Bonchev–Trinajstić information content (AvgIpc) is 2.86. The number of aryl methyl sites for hydroxylation is 2. The molecule has 18 heavy (non-hydrogen) atoms. The first-order chi connectivity index (χ1) is 8.42. The van der Waals surface area contributed by atoms with Gasteiger partial charge in [-0.05, 0) is 13.0 Å². The summed E-state index contributed by atoms with van der Waals surface area (Å²) in [5.41, 5.74) is 7.18. The highest BCUT2D eigenvalue weighted by Gasteiger charge is 2.18. The smallest absolute Gasteiger partial charge is 0.263 e. The molecule has 0 aliphatic carbocycles. The molecule has 0 spiro atoms. The molecule has 0 fully saturated rings. The van der Waals surface area contributed by atoms with Gasteiger partial charge >= 0.3 is 0 Å². The van der Waals surface area contributed by atoms with Crippen LogP contribution in [-0.4, -0.2) is 23.2 Å². The third-order valence-corrected chi connectivity index (χ3v) is 3.85. The van der Waals surface area contributed by atoms with Crippen molar-refractivity contribution in [2.75, 3.05) is 4.72 Å². The third-order valence-electron chi connectivity index (χ3n) is 2.50. The zero-order valence-electron chi connectivity index (χ0n) is 10.1. The number of rotatable bonds is 4. The normalized spacial score (nSPS) is 11.7. The van der Waals surface area contributed by atoms with E-state index in [1.54, 1.807) is 24.9 Å². The number of aromatic amines is 1. The van der Waals surface area contributed by atoms with Crippen molar-refractivity contribution < 1.29 is 8.42 Å². The first kappa shape index (κ1) is 12.7. The minimum absolute atomic E-state index is 0.159. The number of hydrogen-bond donors (Lipinski definition) is 3. The second kappa shape index (κ2) is 4.46. The summed E-state index contributed by atoms with van der Waals surface area (Å²) in [5.74, 6) is 0. The van der Waals surface area contributed by atoms with E-state index in [0.29, 0.717) is 17.1 Å². The Labute approximate surface area is 105 Å². The Morgan fingerprint density at radius 1 is 1.56 bits per heavy atom. The van der Waals surface area contributed by atoms with Gasteiger partial charge in [0.05, 0.1) is 11.4 Å². The number of sulfonamides is 1. The van der Waals surface area contributed by atoms with E-state index in [9.17, 15) is 8.42 Å². The Kier molecular flexibility index (Phi) is 3.14. The molecule has 0 radical (unpaired) electrons. The van der Waals surface area contributed by atoms with Crippen molar-refractivity contribution in [2.45, 2.75) is 18.4 Å². The second-order valence-corrected chi connectivity index (χ2v) is 5.65. The molecule has 0 atom stereocenters. The molecule has 2 aromatic rings. The van der Waals surface area contributed by atoms with Gasteiger partial charge in [-0.1, -0.05) is 0 Å². The van der Waals surface area contributed by atoms with Crippen LogP contribution in [0.1, 0.15) is 11.4 Å². The minimum Gasteiger partial charge on any atom is -0.363 e.